The van der Waals surface area contributed by atoms with Crippen LogP contribution in [0.5, 0.6) is 0 Å². The molecule has 1 aromatic rings. The van der Waals surface area contributed by atoms with Gasteiger partial charge in [0.1, 0.15) is 9.84 Å². The van der Waals surface area contributed by atoms with Crippen LogP contribution >= 0.6 is 11.3 Å². The molecule has 0 aromatic carbocycles. The first kappa shape index (κ1) is 14.6. The van der Waals surface area contributed by atoms with Crippen molar-refractivity contribution in [2.75, 3.05) is 12.0 Å². The lowest BCUT2D eigenvalue weighted by atomic mass is 10.1. The Morgan fingerprint density at radius 2 is 2.12 bits per heavy atom. The molecule has 0 aliphatic carbocycles. The second-order valence-electron chi connectivity index (χ2n) is 4.79. The maximum Gasteiger partial charge on any atom is 0.147 e. The maximum atomic E-state index is 11.0. The van der Waals surface area contributed by atoms with Gasteiger partial charge >= 0.3 is 0 Å². The Morgan fingerprint density at radius 3 is 2.65 bits per heavy atom. The van der Waals surface area contributed by atoms with Crippen molar-refractivity contribution < 1.29 is 8.42 Å². The highest BCUT2D eigenvalue weighted by molar-refractivity contribution is 7.90. The fourth-order valence-electron chi connectivity index (χ4n) is 1.43. The largest absolute Gasteiger partial charge is 0.323 e. The number of hydrogen-bond acceptors (Lipinski definition) is 5. The van der Waals surface area contributed by atoms with Crippen LogP contribution in [0.4, 0.5) is 0 Å². The lowest BCUT2D eigenvalue weighted by Crippen LogP contribution is -2.16. The average Bonchev–Trinajstić information content (AvgIpc) is 2.60. The predicted octanol–water partition coefficient (Wildman–Crippen LogP) is 1.78. The fraction of sp³-hybridized carbons (Fsp3) is 0.727. The minimum Gasteiger partial charge on any atom is -0.323 e. The van der Waals surface area contributed by atoms with Crippen LogP contribution in [0.3, 0.4) is 0 Å². The summed E-state index contributed by atoms with van der Waals surface area (Å²) in [6, 6.07) is -0.276. The van der Waals surface area contributed by atoms with E-state index in [9.17, 15) is 8.42 Å². The monoisotopic (exact) mass is 276 g/mol. The second-order valence-corrected chi connectivity index (χ2v) is 7.99. The van der Waals surface area contributed by atoms with Crippen molar-refractivity contribution in [2.45, 2.75) is 32.7 Å². The van der Waals surface area contributed by atoms with E-state index >= 15 is 0 Å². The van der Waals surface area contributed by atoms with Crippen molar-refractivity contribution in [3.8, 4) is 0 Å². The van der Waals surface area contributed by atoms with Gasteiger partial charge in [0, 0.05) is 24.1 Å². The Labute approximate surface area is 107 Å². The number of aromatic nitrogens is 1. The van der Waals surface area contributed by atoms with Crippen LogP contribution in [0.2, 0.25) is 0 Å². The van der Waals surface area contributed by atoms with Gasteiger partial charge in [-0.15, -0.1) is 11.3 Å². The summed E-state index contributed by atoms with van der Waals surface area (Å²) in [6.45, 7) is 4.29. The zero-order valence-electron chi connectivity index (χ0n) is 10.5. The highest BCUT2D eigenvalue weighted by Gasteiger charge is 2.13. The minimum absolute atomic E-state index is 0.116. The fourth-order valence-corrected chi connectivity index (χ4v) is 3.18. The summed E-state index contributed by atoms with van der Waals surface area (Å²) in [6.07, 6.45) is 2.61. The zero-order valence-corrected chi connectivity index (χ0v) is 12.1. The number of hydrogen-bond donors (Lipinski definition) is 1. The lowest BCUT2D eigenvalue weighted by Gasteiger charge is -2.07. The van der Waals surface area contributed by atoms with E-state index in [1.54, 1.807) is 11.3 Å². The van der Waals surface area contributed by atoms with Crippen LogP contribution in [0, 0.1) is 5.92 Å². The third kappa shape index (κ3) is 5.61. The van der Waals surface area contributed by atoms with Gasteiger partial charge in [-0.3, -0.25) is 0 Å². The molecule has 1 rings (SSSR count). The van der Waals surface area contributed by atoms with Crippen LogP contribution in [-0.4, -0.2) is 25.4 Å². The Kier molecular flexibility index (Phi) is 5.09. The van der Waals surface area contributed by atoms with Gasteiger partial charge in [0.15, 0.2) is 0 Å². The zero-order chi connectivity index (χ0) is 13.1. The number of sulfone groups is 1. The van der Waals surface area contributed by atoms with E-state index in [1.807, 2.05) is 5.38 Å². The van der Waals surface area contributed by atoms with Gasteiger partial charge in [-0.2, -0.15) is 0 Å². The van der Waals surface area contributed by atoms with E-state index < -0.39 is 9.84 Å². The molecular formula is C11H20N2O2S2. The van der Waals surface area contributed by atoms with Crippen molar-refractivity contribution in [3.63, 3.8) is 0 Å². The van der Waals surface area contributed by atoms with Gasteiger partial charge in [-0.1, -0.05) is 13.8 Å². The number of nitrogens with zero attached hydrogens (tertiary/aromatic N) is 1. The Hall–Kier alpha value is -0.460. The van der Waals surface area contributed by atoms with Gasteiger partial charge < -0.3 is 5.73 Å². The van der Waals surface area contributed by atoms with E-state index in [0.717, 1.165) is 17.1 Å². The van der Waals surface area contributed by atoms with Crippen LogP contribution < -0.4 is 5.73 Å². The molecule has 0 saturated carbocycles. The molecule has 0 fully saturated rings. The van der Waals surface area contributed by atoms with Gasteiger partial charge in [-0.25, -0.2) is 13.4 Å². The van der Waals surface area contributed by atoms with Crippen molar-refractivity contribution in [1.82, 2.24) is 4.98 Å². The van der Waals surface area contributed by atoms with Crippen molar-refractivity contribution in [2.24, 2.45) is 11.7 Å². The van der Waals surface area contributed by atoms with Gasteiger partial charge in [-0.05, 0) is 12.3 Å². The van der Waals surface area contributed by atoms with Crippen LogP contribution in [0.1, 0.15) is 37.0 Å². The van der Waals surface area contributed by atoms with E-state index in [1.165, 1.54) is 6.26 Å². The summed E-state index contributed by atoms with van der Waals surface area (Å²) in [5.41, 5.74) is 6.74. The minimum atomic E-state index is -2.94. The first-order valence-electron chi connectivity index (χ1n) is 5.65. The summed E-state index contributed by atoms with van der Waals surface area (Å²) in [4.78, 5) is 4.45. The summed E-state index contributed by atoms with van der Waals surface area (Å²) < 4.78 is 22.1. The first-order chi connectivity index (χ1) is 7.78. The van der Waals surface area contributed by atoms with Crippen molar-refractivity contribution in [3.05, 3.63) is 16.1 Å². The Bertz CT molecular complexity index is 452. The predicted molar refractivity (Wildman–Crippen MR) is 71.9 cm³/mol. The molecule has 1 atom stereocenters. The van der Waals surface area contributed by atoms with Gasteiger partial charge in [0.25, 0.3) is 0 Å². The molecule has 98 valence electrons. The lowest BCUT2D eigenvalue weighted by molar-refractivity contribution is 0.589. The third-order valence-electron chi connectivity index (χ3n) is 2.33. The third-order valence-corrected chi connectivity index (χ3v) is 4.20. The number of nitrogens with two attached hydrogens (primary N) is 1. The molecule has 2 N–H and O–H groups in total. The standard InChI is InChI=1S/C11H20N2O2S2/c1-8(2)6-11-13-10(7-16-11)9(12)4-5-17(3,14)15/h7-9H,4-6,12H2,1-3H3. The molecular weight excluding hydrogens is 256 g/mol. The molecule has 0 amide bonds. The molecule has 0 spiro atoms. The molecule has 1 unspecified atom stereocenters. The average molecular weight is 276 g/mol. The topological polar surface area (TPSA) is 73.0 Å². The van der Waals surface area contributed by atoms with Crippen LogP contribution in [0.15, 0.2) is 5.38 Å². The smallest absolute Gasteiger partial charge is 0.147 e. The summed E-state index contributed by atoms with van der Waals surface area (Å²) in [5.74, 6) is 0.687. The molecule has 4 nitrogen and oxygen atoms in total. The highest BCUT2D eigenvalue weighted by Crippen LogP contribution is 2.20. The molecule has 1 aromatic heterocycles. The first-order valence-corrected chi connectivity index (χ1v) is 8.59. The molecule has 1 heterocycles. The molecule has 0 aliphatic heterocycles. The summed E-state index contributed by atoms with van der Waals surface area (Å²) in [5, 5.41) is 3.01. The van der Waals surface area contributed by atoms with E-state index in [0.29, 0.717) is 12.3 Å². The Balaban J connectivity index is 2.57. The number of thiazole rings is 1. The molecule has 0 aliphatic rings. The van der Waals surface area contributed by atoms with Crippen LogP contribution in [-0.2, 0) is 16.3 Å². The number of rotatable bonds is 6. The SMILES string of the molecule is CC(C)Cc1nc(C(N)CCS(C)(=O)=O)cs1. The summed E-state index contributed by atoms with van der Waals surface area (Å²) in [7, 11) is -2.94. The van der Waals surface area contributed by atoms with E-state index in [-0.39, 0.29) is 11.8 Å². The van der Waals surface area contributed by atoms with Gasteiger partial charge in [0.2, 0.25) is 0 Å². The van der Waals surface area contributed by atoms with Crippen molar-refractivity contribution in [1.29, 1.82) is 0 Å². The molecule has 0 radical (unpaired) electrons. The van der Waals surface area contributed by atoms with Crippen molar-refractivity contribution >= 4 is 21.2 Å². The molecule has 6 heteroatoms. The normalized spacial score (nSPS) is 14.2. The second kappa shape index (κ2) is 5.93. The highest BCUT2D eigenvalue weighted by atomic mass is 32.2. The van der Waals surface area contributed by atoms with E-state index in [4.69, 9.17) is 5.73 Å². The Morgan fingerprint density at radius 1 is 1.47 bits per heavy atom. The molecule has 0 bridgehead atoms. The van der Waals surface area contributed by atoms with Crippen LogP contribution in [0.25, 0.3) is 0 Å². The van der Waals surface area contributed by atoms with Gasteiger partial charge in [0.05, 0.1) is 16.5 Å². The quantitative estimate of drug-likeness (QED) is 0.859. The molecule has 0 saturated heterocycles. The summed E-state index contributed by atoms with van der Waals surface area (Å²) >= 11 is 1.60. The molecule has 17 heavy (non-hydrogen) atoms. The maximum absolute atomic E-state index is 11.0. The van der Waals surface area contributed by atoms with E-state index in [2.05, 4.69) is 18.8 Å².